The Kier molecular flexibility index (Phi) is 20.1. The highest BCUT2D eigenvalue weighted by Crippen LogP contribution is 2.38. The molecule has 3 atom stereocenters. The molecule has 3 unspecified atom stereocenters. The maximum Gasteiger partial charge on any atom is 0.268 e. The van der Waals surface area contributed by atoms with E-state index in [0.29, 0.717) is 19.1 Å². The Morgan fingerprint density at radius 2 is 1.32 bits per heavy atom. The van der Waals surface area contributed by atoms with Crippen molar-refractivity contribution in [2.45, 2.75) is 129 Å². The molecule has 220 valence electrons. The number of rotatable bonds is 25. The van der Waals surface area contributed by atoms with E-state index in [2.05, 4.69) is 20.6 Å². The molecular formula is C30H60NO5P. The normalized spacial score (nSPS) is 21.6. The number of quaternary nitrogens is 1. The van der Waals surface area contributed by atoms with E-state index in [4.69, 9.17) is 13.8 Å². The average molecular weight is 546 g/mol. The van der Waals surface area contributed by atoms with Gasteiger partial charge in [-0.25, -0.2) is 0 Å². The fourth-order valence-corrected chi connectivity index (χ4v) is 6.17. The number of unbranched alkanes of at least 4 members (excludes halogenated alkanes) is 15. The number of hydrogen-bond acceptors (Lipinski definition) is 5. The molecule has 0 bridgehead atoms. The SMILES string of the molecule is C=C(OCC)C1CCC[N+](C)(CCOP(=O)([O-])OCCCCCCCCCCCCCCCCCC)C1. The summed E-state index contributed by atoms with van der Waals surface area (Å²) in [4.78, 5) is 12.1. The molecule has 0 N–H and O–H groups in total. The Balaban J connectivity index is 1.96. The number of nitrogens with zero attached hydrogens (tertiary/aromatic N) is 1. The van der Waals surface area contributed by atoms with E-state index in [9.17, 15) is 9.46 Å². The number of piperidine rings is 1. The van der Waals surface area contributed by atoms with Gasteiger partial charge in [-0.05, 0) is 26.2 Å². The molecule has 0 radical (unpaired) electrons. The lowest BCUT2D eigenvalue weighted by Gasteiger charge is -2.41. The van der Waals surface area contributed by atoms with Crippen LogP contribution >= 0.6 is 7.82 Å². The molecule has 0 aromatic carbocycles. The van der Waals surface area contributed by atoms with Crippen LogP contribution in [0.2, 0.25) is 0 Å². The van der Waals surface area contributed by atoms with Gasteiger partial charge >= 0.3 is 0 Å². The highest BCUT2D eigenvalue weighted by molar-refractivity contribution is 7.45. The number of ether oxygens (including phenoxy) is 1. The minimum absolute atomic E-state index is 0.157. The van der Waals surface area contributed by atoms with Crippen LogP contribution in [0.1, 0.15) is 129 Å². The van der Waals surface area contributed by atoms with E-state index >= 15 is 0 Å². The molecule has 7 heteroatoms. The van der Waals surface area contributed by atoms with Crippen LogP contribution in [0, 0.1) is 5.92 Å². The van der Waals surface area contributed by atoms with Crippen molar-refractivity contribution in [3.8, 4) is 0 Å². The fourth-order valence-electron chi connectivity index (χ4n) is 5.44. The van der Waals surface area contributed by atoms with Crippen molar-refractivity contribution in [2.75, 3.05) is 46.5 Å². The smallest absolute Gasteiger partial charge is 0.268 e. The third kappa shape index (κ3) is 18.5. The van der Waals surface area contributed by atoms with Crippen molar-refractivity contribution in [3.05, 3.63) is 12.3 Å². The molecule has 6 nitrogen and oxygen atoms in total. The molecule has 0 amide bonds. The van der Waals surface area contributed by atoms with Crippen molar-refractivity contribution in [3.63, 3.8) is 0 Å². The number of phosphoric acid groups is 1. The van der Waals surface area contributed by atoms with Crippen LogP contribution < -0.4 is 4.89 Å². The van der Waals surface area contributed by atoms with Gasteiger partial charge in [0.25, 0.3) is 7.82 Å². The first-order valence-corrected chi connectivity index (χ1v) is 17.0. The summed E-state index contributed by atoms with van der Waals surface area (Å²) < 4.78 is 28.8. The van der Waals surface area contributed by atoms with Gasteiger partial charge in [0, 0.05) is 0 Å². The molecule has 0 spiro atoms. The van der Waals surface area contributed by atoms with E-state index in [1.54, 1.807) is 0 Å². The molecule has 1 aliphatic rings. The largest absolute Gasteiger partial charge is 0.756 e. The quantitative estimate of drug-likeness (QED) is 0.0501. The maximum absolute atomic E-state index is 12.1. The summed E-state index contributed by atoms with van der Waals surface area (Å²) in [6, 6.07) is 0. The molecule has 1 heterocycles. The second kappa shape index (κ2) is 21.4. The van der Waals surface area contributed by atoms with Crippen LogP contribution in [0.15, 0.2) is 12.3 Å². The van der Waals surface area contributed by atoms with Crippen LogP contribution in [-0.2, 0) is 18.3 Å². The van der Waals surface area contributed by atoms with Gasteiger partial charge in [-0.3, -0.25) is 4.57 Å². The van der Waals surface area contributed by atoms with E-state index in [1.165, 1.54) is 83.5 Å². The van der Waals surface area contributed by atoms with Crippen LogP contribution in [0.4, 0.5) is 0 Å². The van der Waals surface area contributed by atoms with Gasteiger partial charge in [-0.2, -0.15) is 0 Å². The number of likely N-dealkylation sites (tertiary alicyclic amines) is 1. The van der Waals surface area contributed by atoms with Gasteiger partial charge in [0.05, 0.1) is 45.0 Å². The van der Waals surface area contributed by atoms with Gasteiger partial charge in [0.15, 0.2) is 0 Å². The summed E-state index contributed by atoms with van der Waals surface area (Å²) in [5.41, 5.74) is 0. The summed E-state index contributed by atoms with van der Waals surface area (Å²) >= 11 is 0. The lowest BCUT2D eigenvalue weighted by Crippen LogP contribution is -2.53. The molecule has 1 fully saturated rings. The summed E-state index contributed by atoms with van der Waals surface area (Å²) in [6.45, 7) is 11.9. The molecule has 0 aliphatic carbocycles. The molecule has 0 aromatic rings. The second-order valence-electron chi connectivity index (χ2n) is 11.4. The lowest BCUT2D eigenvalue weighted by molar-refractivity contribution is -0.917. The number of likely N-dealkylation sites (N-methyl/N-ethyl adjacent to an activating group) is 1. The zero-order valence-electron chi connectivity index (χ0n) is 24.7. The highest BCUT2D eigenvalue weighted by Gasteiger charge is 2.33. The Hall–Kier alpha value is -0.390. The first-order valence-electron chi connectivity index (χ1n) is 15.6. The Morgan fingerprint density at radius 1 is 0.838 bits per heavy atom. The predicted octanol–water partition coefficient (Wildman–Crippen LogP) is 8.16. The number of phosphoric ester groups is 1. The van der Waals surface area contributed by atoms with Gasteiger partial charge < -0.3 is 23.2 Å². The molecule has 0 saturated carbocycles. The van der Waals surface area contributed by atoms with Crippen LogP contribution in [0.3, 0.4) is 0 Å². The zero-order valence-corrected chi connectivity index (χ0v) is 25.6. The molecule has 1 aliphatic heterocycles. The van der Waals surface area contributed by atoms with E-state index in [-0.39, 0.29) is 13.2 Å². The third-order valence-corrected chi connectivity index (χ3v) is 8.82. The highest BCUT2D eigenvalue weighted by atomic mass is 31.2. The van der Waals surface area contributed by atoms with Crippen LogP contribution in [0.25, 0.3) is 0 Å². The standard InChI is InChI=1S/C30H60NO5P/c1-5-7-8-9-10-11-12-13-14-15-16-17-18-19-20-21-26-35-37(32,33)36-27-25-31(4)24-22-23-30(28-31)29(3)34-6-2/h30H,3,5-28H2,1-2,4H3. The van der Waals surface area contributed by atoms with E-state index in [1.807, 2.05) is 6.92 Å². The maximum atomic E-state index is 12.1. The topological polar surface area (TPSA) is 67.8 Å². The predicted molar refractivity (Wildman–Crippen MR) is 153 cm³/mol. The monoisotopic (exact) mass is 545 g/mol. The zero-order chi connectivity index (χ0) is 27.2. The summed E-state index contributed by atoms with van der Waals surface area (Å²) in [5.74, 6) is 1.17. The van der Waals surface area contributed by atoms with Gasteiger partial charge in [0.1, 0.15) is 13.2 Å². The Bertz CT molecular complexity index is 617. The Morgan fingerprint density at radius 3 is 1.84 bits per heavy atom. The second-order valence-corrected chi connectivity index (χ2v) is 12.8. The number of hydrogen-bond donors (Lipinski definition) is 0. The summed E-state index contributed by atoms with van der Waals surface area (Å²) in [7, 11) is -2.07. The molecule has 1 saturated heterocycles. The first kappa shape index (κ1) is 34.6. The summed E-state index contributed by atoms with van der Waals surface area (Å²) in [6.07, 6.45) is 22.9. The summed E-state index contributed by atoms with van der Waals surface area (Å²) in [5, 5.41) is 0. The van der Waals surface area contributed by atoms with Crippen molar-refractivity contribution in [2.24, 2.45) is 5.92 Å². The first-order chi connectivity index (χ1) is 17.8. The van der Waals surface area contributed by atoms with E-state index < -0.39 is 7.82 Å². The van der Waals surface area contributed by atoms with Gasteiger partial charge in [-0.1, -0.05) is 110 Å². The third-order valence-electron chi connectivity index (χ3n) is 7.82. The minimum atomic E-state index is -4.23. The van der Waals surface area contributed by atoms with Crippen LogP contribution in [-0.4, -0.2) is 51.0 Å². The molecular weight excluding hydrogens is 485 g/mol. The van der Waals surface area contributed by atoms with Gasteiger partial charge in [-0.15, -0.1) is 0 Å². The van der Waals surface area contributed by atoms with Gasteiger partial charge in [0.2, 0.25) is 0 Å². The molecule has 1 rings (SSSR count). The van der Waals surface area contributed by atoms with Crippen molar-refractivity contribution in [1.29, 1.82) is 0 Å². The van der Waals surface area contributed by atoms with Crippen molar-refractivity contribution >= 4 is 7.82 Å². The van der Waals surface area contributed by atoms with Crippen LogP contribution in [0.5, 0.6) is 0 Å². The average Bonchev–Trinajstić information content (AvgIpc) is 2.86. The van der Waals surface area contributed by atoms with Crippen molar-refractivity contribution in [1.82, 2.24) is 0 Å². The van der Waals surface area contributed by atoms with Crippen molar-refractivity contribution < 1.29 is 27.7 Å². The Labute approximate surface area is 229 Å². The fraction of sp³-hybridized carbons (Fsp3) is 0.933. The minimum Gasteiger partial charge on any atom is -0.756 e. The lowest BCUT2D eigenvalue weighted by atomic mass is 9.95. The molecule has 37 heavy (non-hydrogen) atoms. The van der Waals surface area contributed by atoms with E-state index in [0.717, 1.165) is 55.4 Å². The molecule has 0 aromatic heterocycles.